The summed E-state index contributed by atoms with van der Waals surface area (Å²) in [5, 5.41) is 9.27. The number of nitrogens with zero attached hydrogens (tertiary/aromatic N) is 3. The first kappa shape index (κ1) is 18.2. The van der Waals surface area contributed by atoms with Gasteiger partial charge in [-0.1, -0.05) is 13.3 Å². The summed E-state index contributed by atoms with van der Waals surface area (Å²) in [6, 6.07) is 8.22. The number of amides is 2. The van der Waals surface area contributed by atoms with Gasteiger partial charge in [0.25, 0.3) is 5.91 Å². The topological polar surface area (TPSA) is 90.4 Å². The standard InChI is InChI=1S/C17H22N4O2/c1-4-5-10-20(3)12-14(11-18)17(23)21(13(2)22)16-8-6-15(19)7-9-16/h6-9,12H,4-5,10,19H2,1-3H3/b14-12-. The summed E-state index contributed by atoms with van der Waals surface area (Å²) in [5.41, 5.74) is 6.44. The summed E-state index contributed by atoms with van der Waals surface area (Å²) in [4.78, 5) is 27.2. The van der Waals surface area contributed by atoms with Gasteiger partial charge in [-0.2, -0.15) is 5.26 Å². The zero-order valence-electron chi connectivity index (χ0n) is 13.7. The lowest BCUT2D eigenvalue weighted by Gasteiger charge is -2.20. The summed E-state index contributed by atoms with van der Waals surface area (Å²) < 4.78 is 0. The highest BCUT2D eigenvalue weighted by atomic mass is 16.2. The molecule has 0 aliphatic carbocycles. The Balaban J connectivity index is 3.08. The molecule has 0 aliphatic rings. The number of unbranched alkanes of at least 4 members (excludes halogenated alkanes) is 1. The highest BCUT2D eigenvalue weighted by Crippen LogP contribution is 2.19. The Hall–Kier alpha value is -2.81. The van der Waals surface area contributed by atoms with Crippen LogP contribution in [-0.4, -0.2) is 30.3 Å². The van der Waals surface area contributed by atoms with E-state index in [0.29, 0.717) is 11.4 Å². The minimum Gasteiger partial charge on any atom is -0.399 e. The Kier molecular flexibility index (Phi) is 6.81. The summed E-state index contributed by atoms with van der Waals surface area (Å²) in [7, 11) is 1.79. The van der Waals surface area contributed by atoms with E-state index in [9.17, 15) is 14.9 Å². The van der Waals surface area contributed by atoms with Gasteiger partial charge in [-0.3, -0.25) is 9.59 Å². The first-order valence-corrected chi connectivity index (χ1v) is 7.43. The van der Waals surface area contributed by atoms with Crippen molar-refractivity contribution >= 4 is 23.2 Å². The van der Waals surface area contributed by atoms with Gasteiger partial charge in [-0.25, -0.2) is 4.90 Å². The van der Waals surface area contributed by atoms with Crippen molar-refractivity contribution in [3.63, 3.8) is 0 Å². The quantitative estimate of drug-likeness (QED) is 0.494. The molecule has 1 aromatic carbocycles. The van der Waals surface area contributed by atoms with Crippen molar-refractivity contribution in [1.82, 2.24) is 4.90 Å². The van der Waals surface area contributed by atoms with E-state index < -0.39 is 11.8 Å². The van der Waals surface area contributed by atoms with Gasteiger partial charge in [-0.15, -0.1) is 0 Å². The average molecular weight is 314 g/mol. The number of nitriles is 1. The minimum absolute atomic E-state index is 0.0874. The number of imide groups is 1. The molecule has 0 bridgehead atoms. The van der Waals surface area contributed by atoms with Crippen molar-refractivity contribution in [3.8, 4) is 6.07 Å². The number of hydrogen-bond donors (Lipinski definition) is 1. The van der Waals surface area contributed by atoms with Gasteiger partial charge >= 0.3 is 0 Å². The number of benzene rings is 1. The SMILES string of the molecule is CCCCN(C)/C=C(/C#N)C(=O)N(C(C)=O)c1ccc(N)cc1. The highest BCUT2D eigenvalue weighted by Gasteiger charge is 2.24. The number of rotatable bonds is 6. The molecule has 0 aliphatic heterocycles. The summed E-state index contributed by atoms with van der Waals surface area (Å²) in [6.45, 7) is 4.08. The normalized spacial score (nSPS) is 10.8. The molecule has 2 N–H and O–H groups in total. The number of carbonyl (C=O) groups excluding carboxylic acids is 2. The molecule has 0 spiro atoms. The molecule has 1 aromatic rings. The molecule has 0 heterocycles. The molecule has 23 heavy (non-hydrogen) atoms. The number of nitrogens with two attached hydrogens (primary N) is 1. The van der Waals surface area contributed by atoms with Crippen molar-refractivity contribution < 1.29 is 9.59 Å². The van der Waals surface area contributed by atoms with Crippen LogP contribution in [0, 0.1) is 11.3 Å². The fraction of sp³-hybridized carbons (Fsp3) is 0.353. The van der Waals surface area contributed by atoms with Crippen molar-refractivity contribution in [2.24, 2.45) is 0 Å². The van der Waals surface area contributed by atoms with Crippen LogP contribution in [0.1, 0.15) is 26.7 Å². The monoisotopic (exact) mass is 314 g/mol. The molecular formula is C17H22N4O2. The first-order valence-electron chi connectivity index (χ1n) is 7.43. The van der Waals surface area contributed by atoms with Gasteiger partial charge in [0.1, 0.15) is 11.6 Å². The van der Waals surface area contributed by atoms with Gasteiger partial charge in [0.2, 0.25) is 5.91 Å². The molecule has 122 valence electrons. The minimum atomic E-state index is -0.645. The van der Waals surface area contributed by atoms with E-state index in [2.05, 4.69) is 6.92 Å². The van der Waals surface area contributed by atoms with Crippen LogP contribution in [0.5, 0.6) is 0 Å². The third kappa shape index (κ3) is 5.15. The van der Waals surface area contributed by atoms with E-state index in [1.54, 1.807) is 36.2 Å². The van der Waals surface area contributed by atoms with E-state index in [0.717, 1.165) is 24.3 Å². The van der Waals surface area contributed by atoms with Crippen molar-refractivity contribution in [3.05, 3.63) is 36.0 Å². The molecule has 0 fully saturated rings. The lowest BCUT2D eigenvalue weighted by atomic mass is 10.2. The lowest BCUT2D eigenvalue weighted by Crippen LogP contribution is -2.36. The molecule has 6 heteroatoms. The van der Waals surface area contributed by atoms with Crippen LogP contribution in [-0.2, 0) is 9.59 Å². The fourth-order valence-electron chi connectivity index (χ4n) is 2.01. The average Bonchev–Trinajstić information content (AvgIpc) is 2.52. The predicted molar refractivity (Wildman–Crippen MR) is 90.3 cm³/mol. The smallest absolute Gasteiger partial charge is 0.277 e. The zero-order valence-corrected chi connectivity index (χ0v) is 13.7. The maximum absolute atomic E-state index is 12.6. The maximum atomic E-state index is 12.6. The summed E-state index contributed by atoms with van der Waals surface area (Å²) >= 11 is 0. The van der Waals surface area contributed by atoms with E-state index in [4.69, 9.17) is 5.73 Å². The third-order valence-corrected chi connectivity index (χ3v) is 3.23. The van der Waals surface area contributed by atoms with E-state index in [1.165, 1.54) is 13.1 Å². The number of nitrogen functional groups attached to an aromatic ring is 1. The van der Waals surface area contributed by atoms with Crippen molar-refractivity contribution in [2.75, 3.05) is 24.2 Å². The van der Waals surface area contributed by atoms with Crippen LogP contribution in [0.3, 0.4) is 0 Å². The lowest BCUT2D eigenvalue weighted by molar-refractivity contribution is -0.123. The maximum Gasteiger partial charge on any atom is 0.277 e. The van der Waals surface area contributed by atoms with Crippen molar-refractivity contribution in [1.29, 1.82) is 5.26 Å². The van der Waals surface area contributed by atoms with E-state index >= 15 is 0 Å². The molecule has 2 amide bonds. The highest BCUT2D eigenvalue weighted by molar-refractivity contribution is 6.21. The molecule has 0 aromatic heterocycles. The Morgan fingerprint density at radius 2 is 1.91 bits per heavy atom. The Bertz CT molecular complexity index is 629. The first-order chi connectivity index (χ1) is 10.9. The van der Waals surface area contributed by atoms with Gasteiger partial charge in [0.05, 0.1) is 5.69 Å². The molecule has 0 unspecified atom stereocenters. The van der Waals surface area contributed by atoms with Crippen LogP contribution >= 0.6 is 0 Å². The molecule has 0 radical (unpaired) electrons. The van der Waals surface area contributed by atoms with E-state index in [-0.39, 0.29) is 5.57 Å². The van der Waals surface area contributed by atoms with Crippen molar-refractivity contribution in [2.45, 2.75) is 26.7 Å². The van der Waals surface area contributed by atoms with Gasteiger partial charge < -0.3 is 10.6 Å². The van der Waals surface area contributed by atoms with Crippen LogP contribution in [0.2, 0.25) is 0 Å². The van der Waals surface area contributed by atoms with Gasteiger partial charge in [0, 0.05) is 32.4 Å². The number of carbonyl (C=O) groups is 2. The second-order valence-corrected chi connectivity index (χ2v) is 5.24. The second kappa shape index (κ2) is 8.59. The van der Waals surface area contributed by atoms with Gasteiger partial charge in [0.15, 0.2) is 0 Å². The van der Waals surface area contributed by atoms with Gasteiger partial charge in [-0.05, 0) is 30.7 Å². The molecule has 6 nitrogen and oxygen atoms in total. The molecular weight excluding hydrogens is 292 g/mol. The molecule has 1 rings (SSSR count). The Labute approximate surface area is 136 Å². The number of hydrogen-bond acceptors (Lipinski definition) is 5. The third-order valence-electron chi connectivity index (χ3n) is 3.23. The summed E-state index contributed by atoms with van der Waals surface area (Å²) in [6.07, 6.45) is 3.44. The zero-order chi connectivity index (χ0) is 17.4. The van der Waals surface area contributed by atoms with Crippen LogP contribution in [0.25, 0.3) is 0 Å². The second-order valence-electron chi connectivity index (χ2n) is 5.24. The molecule has 0 saturated carbocycles. The van der Waals surface area contributed by atoms with Crippen LogP contribution < -0.4 is 10.6 Å². The van der Waals surface area contributed by atoms with Crippen LogP contribution in [0.15, 0.2) is 36.0 Å². The predicted octanol–water partition coefficient (Wildman–Crippen LogP) is 2.29. The molecule has 0 saturated heterocycles. The molecule has 0 atom stereocenters. The number of anilines is 2. The Morgan fingerprint density at radius 3 is 2.39 bits per heavy atom. The Morgan fingerprint density at radius 1 is 1.30 bits per heavy atom. The fourth-order valence-corrected chi connectivity index (χ4v) is 2.01. The van der Waals surface area contributed by atoms with E-state index in [1.807, 2.05) is 6.07 Å². The summed E-state index contributed by atoms with van der Waals surface area (Å²) in [5.74, 6) is -1.11. The largest absolute Gasteiger partial charge is 0.399 e. The van der Waals surface area contributed by atoms with Crippen LogP contribution in [0.4, 0.5) is 11.4 Å².